The van der Waals surface area contributed by atoms with Crippen molar-refractivity contribution in [2.45, 2.75) is 33.6 Å². The quantitative estimate of drug-likeness (QED) is 0.325. The summed E-state index contributed by atoms with van der Waals surface area (Å²) < 4.78 is 7.19. The number of ether oxygens (including phenoxy) is 1. The van der Waals surface area contributed by atoms with Crippen molar-refractivity contribution in [1.29, 1.82) is 0 Å². The molecular formula is C26H28N2O2. The summed E-state index contributed by atoms with van der Waals surface area (Å²) in [6.45, 7) is 6.51. The van der Waals surface area contributed by atoms with Crippen LogP contribution in [0, 0.1) is 0 Å². The zero-order valence-electron chi connectivity index (χ0n) is 17.8. The Kier molecular flexibility index (Phi) is 7.39. The second-order valence-corrected chi connectivity index (χ2v) is 7.50. The van der Waals surface area contributed by atoms with Gasteiger partial charge in [-0.3, -0.25) is 0 Å². The molecule has 0 radical (unpaired) electrons. The predicted octanol–water partition coefficient (Wildman–Crippen LogP) is 6.39. The Labute approximate surface area is 178 Å². The Morgan fingerprint density at radius 2 is 1.63 bits per heavy atom. The molecule has 0 bridgehead atoms. The van der Waals surface area contributed by atoms with Gasteiger partial charge in [0.05, 0.1) is 11.4 Å². The molecule has 3 aromatic rings. The van der Waals surface area contributed by atoms with Crippen molar-refractivity contribution >= 4 is 5.97 Å². The smallest absolute Gasteiger partial charge is 0.357 e. The monoisotopic (exact) mass is 400 g/mol. The highest BCUT2D eigenvalue weighted by atomic mass is 16.5. The van der Waals surface area contributed by atoms with E-state index in [1.807, 2.05) is 66.7 Å². The molecular weight excluding hydrogens is 372 g/mol. The van der Waals surface area contributed by atoms with Gasteiger partial charge in [-0.1, -0.05) is 65.8 Å². The standard InChI is InChI=1S/C26H28N2O2/c1-20(2)11-10-12-21(3)17-18-30-26(29)25-19-24(22-13-6-4-7-14-22)27-28(25)23-15-8-5-9-16-23/h4-9,11,13-17,19H,10,12,18H2,1-3H3/b21-17+. The number of carbonyl (C=O) groups is 1. The highest BCUT2D eigenvalue weighted by Crippen LogP contribution is 2.22. The van der Waals surface area contributed by atoms with Crippen molar-refractivity contribution in [2.75, 3.05) is 6.61 Å². The third-order valence-corrected chi connectivity index (χ3v) is 4.73. The zero-order valence-corrected chi connectivity index (χ0v) is 17.8. The number of para-hydroxylation sites is 1. The first-order chi connectivity index (χ1) is 14.5. The first-order valence-corrected chi connectivity index (χ1v) is 10.2. The van der Waals surface area contributed by atoms with E-state index in [9.17, 15) is 4.79 Å². The Hall–Kier alpha value is -3.40. The molecule has 0 amide bonds. The SMILES string of the molecule is CC(C)=CCC/C(C)=C/COC(=O)c1cc(-c2ccccc2)nn1-c1ccccc1. The highest BCUT2D eigenvalue weighted by Gasteiger charge is 2.18. The van der Waals surface area contributed by atoms with E-state index >= 15 is 0 Å². The molecule has 0 unspecified atom stereocenters. The second-order valence-electron chi connectivity index (χ2n) is 7.50. The summed E-state index contributed by atoms with van der Waals surface area (Å²) in [5, 5.41) is 4.67. The number of rotatable bonds is 8. The van der Waals surface area contributed by atoms with Crippen LogP contribution in [0.4, 0.5) is 0 Å². The fourth-order valence-corrected chi connectivity index (χ4v) is 3.07. The molecule has 0 saturated heterocycles. The summed E-state index contributed by atoms with van der Waals surface area (Å²) in [5.41, 5.74) is 5.45. The Balaban J connectivity index is 1.77. The van der Waals surface area contributed by atoms with Gasteiger partial charge in [0.25, 0.3) is 0 Å². The Morgan fingerprint density at radius 3 is 2.30 bits per heavy atom. The number of hydrogen-bond acceptors (Lipinski definition) is 3. The molecule has 0 fully saturated rings. The minimum Gasteiger partial charge on any atom is -0.457 e. The van der Waals surface area contributed by atoms with Gasteiger partial charge in [-0.05, 0) is 57.9 Å². The molecule has 4 nitrogen and oxygen atoms in total. The van der Waals surface area contributed by atoms with E-state index in [2.05, 4.69) is 31.9 Å². The summed E-state index contributed by atoms with van der Waals surface area (Å²) in [6, 6.07) is 21.2. The van der Waals surface area contributed by atoms with Gasteiger partial charge >= 0.3 is 5.97 Å². The van der Waals surface area contributed by atoms with E-state index in [0.29, 0.717) is 5.69 Å². The van der Waals surface area contributed by atoms with Gasteiger partial charge in [0.1, 0.15) is 6.61 Å². The summed E-state index contributed by atoms with van der Waals surface area (Å²) in [5.74, 6) is -0.387. The minimum atomic E-state index is -0.387. The van der Waals surface area contributed by atoms with E-state index in [0.717, 1.165) is 29.8 Å². The molecule has 0 aliphatic carbocycles. The highest BCUT2D eigenvalue weighted by molar-refractivity contribution is 5.90. The minimum absolute atomic E-state index is 0.250. The maximum atomic E-state index is 12.8. The Bertz CT molecular complexity index is 1030. The van der Waals surface area contributed by atoms with Crippen LogP contribution in [0.2, 0.25) is 0 Å². The van der Waals surface area contributed by atoms with Crippen molar-refractivity contribution < 1.29 is 9.53 Å². The third kappa shape index (κ3) is 5.80. The fraction of sp³-hybridized carbons (Fsp3) is 0.231. The fourth-order valence-electron chi connectivity index (χ4n) is 3.07. The third-order valence-electron chi connectivity index (χ3n) is 4.73. The largest absolute Gasteiger partial charge is 0.457 e. The number of nitrogens with zero attached hydrogens (tertiary/aromatic N) is 2. The van der Waals surface area contributed by atoms with Gasteiger partial charge in [-0.2, -0.15) is 5.10 Å². The lowest BCUT2D eigenvalue weighted by molar-refractivity contribution is 0.0538. The van der Waals surface area contributed by atoms with Crippen LogP contribution in [0.5, 0.6) is 0 Å². The van der Waals surface area contributed by atoms with E-state index < -0.39 is 0 Å². The van der Waals surface area contributed by atoms with Crippen LogP contribution < -0.4 is 0 Å². The molecule has 4 heteroatoms. The number of carbonyl (C=O) groups excluding carboxylic acids is 1. The van der Waals surface area contributed by atoms with Gasteiger partial charge in [-0.15, -0.1) is 0 Å². The molecule has 30 heavy (non-hydrogen) atoms. The number of aromatic nitrogens is 2. The average Bonchev–Trinajstić information content (AvgIpc) is 3.20. The van der Waals surface area contributed by atoms with Crippen LogP contribution in [0.25, 0.3) is 16.9 Å². The van der Waals surface area contributed by atoms with Gasteiger partial charge in [0.15, 0.2) is 5.69 Å². The van der Waals surface area contributed by atoms with Crippen molar-refractivity contribution in [3.63, 3.8) is 0 Å². The van der Waals surface area contributed by atoms with Crippen LogP contribution in [0.1, 0.15) is 44.1 Å². The van der Waals surface area contributed by atoms with Gasteiger partial charge in [0.2, 0.25) is 0 Å². The van der Waals surface area contributed by atoms with E-state index in [1.165, 1.54) is 11.1 Å². The van der Waals surface area contributed by atoms with E-state index in [4.69, 9.17) is 4.74 Å². The van der Waals surface area contributed by atoms with Crippen molar-refractivity contribution in [1.82, 2.24) is 9.78 Å². The molecule has 0 N–H and O–H groups in total. The van der Waals surface area contributed by atoms with E-state index in [-0.39, 0.29) is 12.6 Å². The molecule has 1 heterocycles. The summed E-state index contributed by atoms with van der Waals surface area (Å²) in [4.78, 5) is 12.8. The molecule has 1 aromatic heterocycles. The lowest BCUT2D eigenvalue weighted by atomic mass is 10.1. The molecule has 0 atom stereocenters. The number of esters is 1. The topological polar surface area (TPSA) is 44.1 Å². The van der Waals surface area contributed by atoms with E-state index in [1.54, 1.807) is 10.7 Å². The van der Waals surface area contributed by atoms with Crippen molar-refractivity contribution in [3.05, 3.63) is 95.7 Å². The molecule has 0 aliphatic rings. The summed E-state index contributed by atoms with van der Waals surface area (Å²) >= 11 is 0. The molecule has 3 rings (SSSR count). The first kappa shape index (κ1) is 21.3. The van der Waals surface area contributed by atoms with Crippen molar-refractivity contribution in [2.24, 2.45) is 0 Å². The average molecular weight is 401 g/mol. The predicted molar refractivity (Wildman–Crippen MR) is 122 cm³/mol. The molecule has 154 valence electrons. The first-order valence-electron chi connectivity index (χ1n) is 10.2. The number of allylic oxidation sites excluding steroid dienone is 3. The summed E-state index contributed by atoms with van der Waals surface area (Å²) in [7, 11) is 0. The van der Waals surface area contributed by atoms with Crippen molar-refractivity contribution in [3.8, 4) is 16.9 Å². The van der Waals surface area contributed by atoms with Crippen LogP contribution in [-0.4, -0.2) is 22.4 Å². The molecule has 2 aromatic carbocycles. The number of hydrogen-bond donors (Lipinski definition) is 0. The molecule has 0 spiro atoms. The maximum absolute atomic E-state index is 12.8. The van der Waals surface area contributed by atoms with Crippen LogP contribution in [0.3, 0.4) is 0 Å². The summed E-state index contributed by atoms with van der Waals surface area (Å²) in [6.07, 6.45) is 6.15. The van der Waals surface area contributed by atoms with Crippen LogP contribution in [-0.2, 0) is 4.74 Å². The number of benzene rings is 2. The normalized spacial score (nSPS) is 11.2. The zero-order chi connectivity index (χ0) is 21.3. The second kappa shape index (κ2) is 10.4. The van der Waals surface area contributed by atoms with Gasteiger partial charge in [0, 0.05) is 5.56 Å². The maximum Gasteiger partial charge on any atom is 0.357 e. The van der Waals surface area contributed by atoms with Crippen LogP contribution in [0.15, 0.2) is 90.0 Å². The van der Waals surface area contributed by atoms with Gasteiger partial charge in [-0.25, -0.2) is 9.48 Å². The van der Waals surface area contributed by atoms with Crippen LogP contribution >= 0.6 is 0 Å². The lowest BCUT2D eigenvalue weighted by Gasteiger charge is -2.07. The van der Waals surface area contributed by atoms with Gasteiger partial charge < -0.3 is 4.74 Å². The Morgan fingerprint density at radius 1 is 0.967 bits per heavy atom. The lowest BCUT2D eigenvalue weighted by Crippen LogP contribution is -2.12. The molecule has 0 saturated carbocycles. The molecule has 0 aliphatic heterocycles.